The zero-order valence-corrected chi connectivity index (χ0v) is 20.9. The lowest BCUT2D eigenvalue weighted by Gasteiger charge is -2.38. The van der Waals surface area contributed by atoms with Gasteiger partial charge in [-0.3, -0.25) is 9.59 Å². The molecular weight excluding hydrogens is 444 g/mol. The Bertz CT molecular complexity index is 1140. The first-order valence-electron chi connectivity index (χ1n) is 11.8. The number of methoxy groups -OCH3 is 1. The molecule has 0 fully saturated rings. The molecule has 0 aliphatic carbocycles. The maximum absolute atomic E-state index is 13.7. The third kappa shape index (κ3) is 5.08. The van der Waals surface area contributed by atoms with E-state index in [0.717, 1.165) is 24.0 Å². The summed E-state index contributed by atoms with van der Waals surface area (Å²) in [5.74, 6) is -0.187. The molecule has 0 saturated heterocycles. The lowest BCUT2D eigenvalue weighted by molar-refractivity contribution is -0.134. The van der Waals surface area contributed by atoms with Gasteiger partial charge >= 0.3 is 0 Å². The molecule has 1 aliphatic heterocycles. The van der Waals surface area contributed by atoms with E-state index in [4.69, 9.17) is 4.74 Å². The Morgan fingerprint density at radius 2 is 1.85 bits per heavy atom. The Kier molecular flexibility index (Phi) is 7.80. The van der Waals surface area contributed by atoms with Crippen molar-refractivity contribution in [3.8, 4) is 0 Å². The van der Waals surface area contributed by atoms with Gasteiger partial charge in [0.15, 0.2) is 0 Å². The van der Waals surface area contributed by atoms with Crippen LogP contribution in [0.2, 0.25) is 0 Å². The molecule has 0 bridgehead atoms. The summed E-state index contributed by atoms with van der Waals surface area (Å²) < 4.78 is 5.25. The summed E-state index contributed by atoms with van der Waals surface area (Å²) in [6.07, 6.45) is 1.76. The number of amides is 2. The summed E-state index contributed by atoms with van der Waals surface area (Å²) >= 11 is 1.75. The molecule has 1 aromatic heterocycles. The van der Waals surface area contributed by atoms with Gasteiger partial charge in [-0.05, 0) is 65.6 Å². The molecule has 34 heavy (non-hydrogen) atoms. The van der Waals surface area contributed by atoms with E-state index < -0.39 is 0 Å². The highest BCUT2D eigenvalue weighted by atomic mass is 32.1. The molecule has 2 amide bonds. The molecule has 5 nitrogen and oxygen atoms in total. The van der Waals surface area contributed by atoms with E-state index in [0.29, 0.717) is 25.3 Å². The summed E-state index contributed by atoms with van der Waals surface area (Å²) in [5, 5.41) is 2.11. The zero-order valence-electron chi connectivity index (χ0n) is 20.1. The second kappa shape index (κ2) is 11.0. The summed E-state index contributed by atoms with van der Waals surface area (Å²) in [5.41, 5.74) is 5.27. The minimum atomic E-state index is -0.145. The molecule has 2 heterocycles. The van der Waals surface area contributed by atoms with Crippen LogP contribution in [0.1, 0.15) is 50.5 Å². The molecule has 0 N–H and O–H groups in total. The van der Waals surface area contributed by atoms with Crippen LogP contribution in [-0.4, -0.2) is 55.0 Å². The van der Waals surface area contributed by atoms with Crippen molar-refractivity contribution in [3.63, 3.8) is 0 Å². The standard InChI is InChI=1S/C28H32N2O3S/c1-4-21-9-11-22(12-10-21)28(32)29(16-17-33-3)19-26(31)30-15-13-25-24(14-18-34-25)27(30)23-8-6-5-7-20(23)2/h5-12,14,18,27H,4,13,15-17,19H2,1-3H3. The monoisotopic (exact) mass is 476 g/mol. The molecule has 6 heteroatoms. The molecule has 2 aromatic carbocycles. The predicted molar refractivity (Wildman–Crippen MR) is 136 cm³/mol. The van der Waals surface area contributed by atoms with Gasteiger partial charge < -0.3 is 14.5 Å². The number of aryl methyl sites for hydroxylation is 2. The number of carbonyl (C=O) groups excluding carboxylic acids is 2. The Balaban J connectivity index is 1.60. The highest BCUT2D eigenvalue weighted by Crippen LogP contribution is 2.39. The molecule has 178 valence electrons. The Morgan fingerprint density at radius 1 is 1.09 bits per heavy atom. The lowest BCUT2D eigenvalue weighted by atomic mass is 9.90. The van der Waals surface area contributed by atoms with Gasteiger partial charge in [0, 0.05) is 30.6 Å². The van der Waals surface area contributed by atoms with E-state index in [1.807, 2.05) is 41.3 Å². The third-order valence-corrected chi connectivity index (χ3v) is 7.55. The maximum atomic E-state index is 13.7. The topological polar surface area (TPSA) is 49.9 Å². The van der Waals surface area contributed by atoms with Crippen LogP contribution in [0.15, 0.2) is 60.0 Å². The van der Waals surface area contributed by atoms with Crippen molar-refractivity contribution in [2.75, 3.05) is 33.4 Å². The number of benzene rings is 2. The molecule has 0 saturated carbocycles. The first-order chi connectivity index (χ1) is 16.5. The molecule has 0 spiro atoms. The molecule has 0 radical (unpaired) electrons. The van der Waals surface area contributed by atoms with Gasteiger partial charge in [-0.2, -0.15) is 0 Å². The predicted octanol–water partition coefficient (Wildman–Crippen LogP) is 4.88. The average Bonchev–Trinajstić information content (AvgIpc) is 3.35. The maximum Gasteiger partial charge on any atom is 0.254 e. The fraction of sp³-hybridized carbons (Fsp3) is 0.357. The van der Waals surface area contributed by atoms with E-state index >= 15 is 0 Å². The highest BCUT2D eigenvalue weighted by molar-refractivity contribution is 7.10. The Hall–Kier alpha value is -2.96. The van der Waals surface area contributed by atoms with Crippen molar-refractivity contribution < 1.29 is 14.3 Å². The number of nitrogens with zero attached hydrogens (tertiary/aromatic N) is 2. The quantitative estimate of drug-likeness (QED) is 0.466. The summed E-state index contributed by atoms with van der Waals surface area (Å²) in [6.45, 7) is 5.59. The van der Waals surface area contributed by atoms with Crippen molar-refractivity contribution in [2.24, 2.45) is 0 Å². The fourth-order valence-electron chi connectivity index (χ4n) is 4.59. The Labute approximate surface area is 206 Å². The second-order valence-corrected chi connectivity index (χ2v) is 9.67. The van der Waals surface area contributed by atoms with E-state index in [1.165, 1.54) is 16.0 Å². The smallest absolute Gasteiger partial charge is 0.254 e. The molecule has 1 aliphatic rings. The van der Waals surface area contributed by atoms with Crippen LogP contribution < -0.4 is 0 Å². The van der Waals surface area contributed by atoms with Gasteiger partial charge in [-0.15, -0.1) is 11.3 Å². The number of hydrogen-bond acceptors (Lipinski definition) is 4. The van der Waals surface area contributed by atoms with Gasteiger partial charge in [0.1, 0.15) is 6.54 Å². The summed E-state index contributed by atoms with van der Waals surface area (Å²) in [6, 6.07) is 17.9. The number of rotatable bonds is 8. The molecule has 4 rings (SSSR count). The van der Waals surface area contributed by atoms with Gasteiger partial charge in [0.05, 0.1) is 12.6 Å². The van der Waals surface area contributed by atoms with Crippen LogP contribution in [0, 0.1) is 6.92 Å². The number of carbonyl (C=O) groups is 2. The molecule has 1 unspecified atom stereocenters. The normalized spacial score (nSPS) is 15.1. The van der Waals surface area contributed by atoms with Gasteiger partial charge in [-0.1, -0.05) is 43.3 Å². The minimum Gasteiger partial charge on any atom is -0.383 e. The minimum absolute atomic E-state index is 0.0274. The fourth-order valence-corrected chi connectivity index (χ4v) is 5.49. The lowest BCUT2D eigenvalue weighted by Crippen LogP contribution is -2.47. The molecule has 3 aromatic rings. The van der Waals surface area contributed by atoms with Crippen LogP contribution in [-0.2, 0) is 22.4 Å². The number of fused-ring (bicyclic) bond motifs is 1. The Morgan fingerprint density at radius 3 is 2.56 bits per heavy atom. The SMILES string of the molecule is CCc1ccc(C(=O)N(CCOC)CC(=O)N2CCc3sccc3C2c2ccccc2C)cc1. The number of hydrogen-bond donors (Lipinski definition) is 0. The zero-order chi connectivity index (χ0) is 24.1. The van der Waals surface area contributed by atoms with Crippen LogP contribution in [0.3, 0.4) is 0 Å². The van der Waals surface area contributed by atoms with Crippen LogP contribution >= 0.6 is 11.3 Å². The van der Waals surface area contributed by atoms with E-state index in [2.05, 4.69) is 37.4 Å². The van der Waals surface area contributed by atoms with E-state index in [9.17, 15) is 9.59 Å². The van der Waals surface area contributed by atoms with Gasteiger partial charge in [0.25, 0.3) is 5.91 Å². The van der Waals surface area contributed by atoms with Gasteiger partial charge in [-0.25, -0.2) is 0 Å². The first-order valence-corrected chi connectivity index (χ1v) is 12.7. The van der Waals surface area contributed by atoms with Crippen LogP contribution in [0.4, 0.5) is 0 Å². The van der Waals surface area contributed by atoms with Crippen molar-refractivity contribution in [3.05, 3.63) is 92.7 Å². The summed E-state index contributed by atoms with van der Waals surface area (Å²) in [7, 11) is 1.61. The summed E-state index contributed by atoms with van der Waals surface area (Å²) in [4.78, 5) is 32.0. The van der Waals surface area contributed by atoms with E-state index in [-0.39, 0.29) is 24.4 Å². The molecular formula is C28H32N2O3S. The van der Waals surface area contributed by atoms with E-state index in [1.54, 1.807) is 23.3 Å². The first kappa shape index (κ1) is 24.2. The average molecular weight is 477 g/mol. The van der Waals surface area contributed by atoms with Crippen molar-refractivity contribution in [1.29, 1.82) is 0 Å². The second-order valence-electron chi connectivity index (χ2n) is 8.67. The van der Waals surface area contributed by atoms with Crippen LogP contribution in [0.5, 0.6) is 0 Å². The largest absolute Gasteiger partial charge is 0.383 e. The van der Waals surface area contributed by atoms with Crippen molar-refractivity contribution >= 4 is 23.2 Å². The van der Waals surface area contributed by atoms with Gasteiger partial charge in [0.2, 0.25) is 5.91 Å². The highest BCUT2D eigenvalue weighted by Gasteiger charge is 2.34. The third-order valence-electron chi connectivity index (χ3n) is 6.56. The van der Waals surface area contributed by atoms with Crippen molar-refractivity contribution in [1.82, 2.24) is 9.80 Å². The number of thiophene rings is 1. The molecule has 1 atom stereocenters. The van der Waals surface area contributed by atoms with Crippen LogP contribution in [0.25, 0.3) is 0 Å². The van der Waals surface area contributed by atoms with Crippen molar-refractivity contribution in [2.45, 2.75) is 32.7 Å². The number of ether oxygens (including phenoxy) is 1.